The fraction of sp³-hybridized carbons (Fsp3) is 0.292. The third-order valence-corrected chi connectivity index (χ3v) is 7.62. The van der Waals surface area contributed by atoms with Crippen LogP contribution < -0.4 is 4.74 Å². The minimum absolute atomic E-state index is 0.0874. The van der Waals surface area contributed by atoms with E-state index < -0.39 is 0 Å². The quantitative estimate of drug-likeness (QED) is 0.394. The maximum atomic E-state index is 12.9. The molecular weight excluding hydrogens is 426 g/mol. The number of nitrogens with zero attached hydrogens (tertiary/aromatic N) is 3. The van der Waals surface area contributed by atoms with Crippen molar-refractivity contribution in [2.24, 2.45) is 0 Å². The number of carbonyl (C=O) groups excluding carboxylic acids is 1. The Kier molecular flexibility index (Phi) is 5.70. The van der Waals surface area contributed by atoms with E-state index in [-0.39, 0.29) is 5.91 Å². The number of fused-ring (bicyclic) bond motifs is 1. The second-order valence-corrected chi connectivity index (χ2v) is 9.88. The van der Waals surface area contributed by atoms with Gasteiger partial charge in [0.1, 0.15) is 12.4 Å². The van der Waals surface area contributed by atoms with Crippen LogP contribution in [0.1, 0.15) is 44.8 Å². The van der Waals surface area contributed by atoms with E-state index in [9.17, 15) is 4.79 Å². The summed E-state index contributed by atoms with van der Waals surface area (Å²) in [6, 6.07) is 15.7. The third kappa shape index (κ3) is 4.48. The van der Waals surface area contributed by atoms with Gasteiger partial charge in [-0.3, -0.25) is 4.79 Å². The summed E-state index contributed by atoms with van der Waals surface area (Å²) in [5, 5.41) is 4.24. The second kappa shape index (κ2) is 8.77. The molecule has 2 aromatic heterocycles. The summed E-state index contributed by atoms with van der Waals surface area (Å²) in [7, 11) is 0. The number of benzene rings is 2. The minimum atomic E-state index is 0.0874. The van der Waals surface area contributed by atoms with Gasteiger partial charge in [-0.05, 0) is 56.2 Å². The van der Waals surface area contributed by atoms with Crippen molar-refractivity contribution in [1.29, 1.82) is 0 Å². The van der Waals surface area contributed by atoms with E-state index in [1.807, 2.05) is 47.5 Å². The van der Waals surface area contributed by atoms with Crippen molar-refractivity contribution in [3.63, 3.8) is 0 Å². The topological polar surface area (TPSA) is 55.3 Å². The maximum Gasteiger partial charge on any atom is 0.253 e. The number of amides is 1. The van der Waals surface area contributed by atoms with Crippen LogP contribution in [0.15, 0.2) is 53.9 Å². The van der Waals surface area contributed by atoms with Crippen LogP contribution in [0, 0.1) is 6.92 Å². The molecule has 0 aliphatic carbocycles. The summed E-state index contributed by atoms with van der Waals surface area (Å²) in [4.78, 5) is 24.1. The van der Waals surface area contributed by atoms with Crippen LogP contribution in [0.25, 0.3) is 10.2 Å². The number of hydrogen-bond acceptors (Lipinski definition) is 6. The smallest absolute Gasteiger partial charge is 0.253 e. The molecule has 2 aromatic carbocycles. The Labute approximate surface area is 189 Å². The summed E-state index contributed by atoms with van der Waals surface area (Å²) in [5.41, 5.74) is 2.71. The van der Waals surface area contributed by atoms with Crippen molar-refractivity contribution in [2.45, 2.75) is 32.3 Å². The molecule has 0 unspecified atom stereocenters. The lowest BCUT2D eigenvalue weighted by atomic mass is 9.97. The molecule has 0 radical (unpaired) electrons. The molecule has 5 nitrogen and oxygen atoms in total. The first-order valence-electron chi connectivity index (χ1n) is 10.4. The van der Waals surface area contributed by atoms with Gasteiger partial charge in [-0.25, -0.2) is 9.97 Å². The highest BCUT2D eigenvalue weighted by Gasteiger charge is 2.26. The van der Waals surface area contributed by atoms with E-state index in [1.54, 1.807) is 22.7 Å². The molecule has 7 heteroatoms. The molecule has 1 aliphatic rings. The third-order valence-electron chi connectivity index (χ3n) is 5.60. The van der Waals surface area contributed by atoms with Gasteiger partial charge >= 0.3 is 0 Å². The van der Waals surface area contributed by atoms with E-state index in [1.165, 1.54) is 9.71 Å². The predicted molar refractivity (Wildman–Crippen MR) is 125 cm³/mol. The lowest BCUT2D eigenvalue weighted by Gasteiger charge is -2.31. The molecule has 1 amide bonds. The molecule has 0 bridgehead atoms. The molecule has 0 saturated carbocycles. The normalized spacial score (nSPS) is 14.8. The number of aryl methyl sites for hydroxylation is 1. The van der Waals surface area contributed by atoms with Gasteiger partial charge in [0.15, 0.2) is 0 Å². The monoisotopic (exact) mass is 449 g/mol. The summed E-state index contributed by atoms with van der Waals surface area (Å²) < 4.78 is 7.03. The molecule has 158 valence electrons. The number of piperidine rings is 1. The number of aromatic nitrogens is 2. The van der Waals surface area contributed by atoms with Gasteiger partial charge in [0, 0.05) is 30.0 Å². The van der Waals surface area contributed by atoms with Crippen LogP contribution >= 0.6 is 22.7 Å². The van der Waals surface area contributed by atoms with Gasteiger partial charge in [0.05, 0.1) is 25.9 Å². The number of thiazole rings is 2. The molecule has 0 atom stereocenters. The Morgan fingerprint density at radius 1 is 1.10 bits per heavy atom. The largest absolute Gasteiger partial charge is 0.487 e. The number of para-hydroxylation sites is 1. The van der Waals surface area contributed by atoms with E-state index in [4.69, 9.17) is 9.72 Å². The minimum Gasteiger partial charge on any atom is -0.487 e. The van der Waals surface area contributed by atoms with E-state index in [2.05, 4.69) is 23.2 Å². The highest BCUT2D eigenvalue weighted by molar-refractivity contribution is 7.18. The van der Waals surface area contributed by atoms with Gasteiger partial charge in [-0.1, -0.05) is 12.1 Å². The number of rotatable bonds is 5. The molecule has 1 aliphatic heterocycles. The number of ether oxygens (including phenoxy) is 1. The average molecular weight is 450 g/mol. The first kappa shape index (κ1) is 20.2. The molecular formula is C24H23N3O2S2. The molecule has 1 saturated heterocycles. The van der Waals surface area contributed by atoms with Crippen molar-refractivity contribution in [3.05, 3.63) is 75.2 Å². The van der Waals surface area contributed by atoms with E-state index in [0.29, 0.717) is 18.1 Å². The molecule has 0 N–H and O–H groups in total. The lowest BCUT2D eigenvalue weighted by Crippen LogP contribution is -2.37. The second-order valence-electron chi connectivity index (χ2n) is 7.76. The number of hydrogen-bond donors (Lipinski definition) is 0. The fourth-order valence-electron chi connectivity index (χ4n) is 3.90. The van der Waals surface area contributed by atoms with Crippen molar-refractivity contribution in [2.75, 3.05) is 13.1 Å². The Balaban J connectivity index is 1.17. The molecule has 31 heavy (non-hydrogen) atoms. The Bertz CT molecular complexity index is 1160. The molecule has 0 spiro atoms. The van der Waals surface area contributed by atoms with Crippen molar-refractivity contribution >= 4 is 38.8 Å². The lowest BCUT2D eigenvalue weighted by molar-refractivity contribution is 0.0713. The first-order valence-corrected chi connectivity index (χ1v) is 12.1. The van der Waals surface area contributed by atoms with Gasteiger partial charge in [-0.2, -0.15) is 0 Å². The molecule has 3 heterocycles. The maximum absolute atomic E-state index is 12.9. The van der Waals surface area contributed by atoms with Crippen molar-refractivity contribution in [3.8, 4) is 5.75 Å². The Morgan fingerprint density at radius 3 is 2.58 bits per heavy atom. The zero-order chi connectivity index (χ0) is 21.2. The SMILES string of the molecule is Cc1nc(COc2ccc(C(=O)N3CCC(c4nc5ccccc5s4)CC3)cc2)cs1. The Hall–Kier alpha value is -2.77. The summed E-state index contributed by atoms with van der Waals surface area (Å²) >= 11 is 3.40. The molecule has 5 rings (SSSR count). The first-order chi connectivity index (χ1) is 15.2. The van der Waals surface area contributed by atoms with Gasteiger partial charge < -0.3 is 9.64 Å². The van der Waals surface area contributed by atoms with Gasteiger partial charge in [0.25, 0.3) is 5.91 Å². The summed E-state index contributed by atoms with van der Waals surface area (Å²) in [6.07, 6.45) is 1.92. The molecule has 1 fully saturated rings. The zero-order valence-electron chi connectivity index (χ0n) is 17.3. The summed E-state index contributed by atoms with van der Waals surface area (Å²) in [5.74, 6) is 1.27. The van der Waals surface area contributed by atoms with Gasteiger partial charge in [-0.15, -0.1) is 22.7 Å². The van der Waals surface area contributed by atoms with E-state index >= 15 is 0 Å². The van der Waals surface area contributed by atoms with Crippen molar-refractivity contribution < 1.29 is 9.53 Å². The van der Waals surface area contributed by atoms with Gasteiger partial charge in [0.2, 0.25) is 0 Å². The predicted octanol–water partition coefficient (Wildman–Crippen LogP) is 5.66. The van der Waals surface area contributed by atoms with Crippen molar-refractivity contribution in [1.82, 2.24) is 14.9 Å². The summed E-state index contributed by atoms with van der Waals surface area (Å²) in [6.45, 7) is 3.95. The molecule has 4 aromatic rings. The number of carbonyl (C=O) groups is 1. The van der Waals surface area contributed by atoms with Crippen LogP contribution in [0.4, 0.5) is 0 Å². The van der Waals surface area contributed by atoms with E-state index in [0.717, 1.165) is 47.9 Å². The Morgan fingerprint density at radius 2 is 1.87 bits per heavy atom. The van der Waals surface area contributed by atoms with Crippen LogP contribution in [-0.2, 0) is 6.61 Å². The highest BCUT2D eigenvalue weighted by atomic mass is 32.1. The number of likely N-dealkylation sites (tertiary alicyclic amines) is 1. The highest BCUT2D eigenvalue weighted by Crippen LogP contribution is 2.34. The van der Waals surface area contributed by atoms with Crippen LogP contribution in [0.5, 0.6) is 5.75 Å². The van der Waals surface area contributed by atoms with Crippen LogP contribution in [0.3, 0.4) is 0 Å². The van der Waals surface area contributed by atoms with Crippen LogP contribution in [0.2, 0.25) is 0 Å². The average Bonchev–Trinajstić information content (AvgIpc) is 3.43. The van der Waals surface area contributed by atoms with Crippen LogP contribution in [-0.4, -0.2) is 33.9 Å². The fourth-order valence-corrected chi connectivity index (χ4v) is 5.64. The standard InChI is InChI=1S/C24H23N3O2S2/c1-16-25-19(15-30-16)14-29-20-8-6-18(7-9-20)24(28)27-12-10-17(11-13-27)23-26-21-4-2-3-5-22(21)31-23/h2-9,15,17H,10-14H2,1H3. The zero-order valence-corrected chi connectivity index (χ0v) is 18.9.